The number of carbonyl (C=O) groups excluding carboxylic acids is 1. The van der Waals surface area contributed by atoms with Crippen molar-refractivity contribution in [2.24, 2.45) is 16.7 Å². The Bertz CT molecular complexity index is 759. The fourth-order valence-electron chi connectivity index (χ4n) is 5.83. The van der Waals surface area contributed by atoms with E-state index < -0.39 is 69.8 Å². The maximum Gasteiger partial charge on any atom is 0.272 e. The Kier molecular flexibility index (Phi) is 3.75. The van der Waals surface area contributed by atoms with Crippen LogP contribution in [0.1, 0.15) is 33.1 Å². The summed E-state index contributed by atoms with van der Waals surface area (Å²) >= 11 is 0. The van der Waals surface area contributed by atoms with Crippen molar-refractivity contribution >= 4 is 15.9 Å². The zero-order chi connectivity index (χ0) is 19.4. The molecule has 0 amide bonds. The number of ether oxygens (including phenoxy) is 3. The molecule has 9 nitrogen and oxygen atoms in total. The lowest BCUT2D eigenvalue weighted by Gasteiger charge is -2.56. The maximum absolute atomic E-state index is 12.9. The van der Waals surface area contributed by atoms with Gasteiger partial charge in [0.25, 0.3) is 16.6 Å². The van der Waals surface area contributed by atoms with Crippen molar-refractivity contribution in [1.29, 1.82) is 0 Å². The first kappa shape index (κ1) is 18.4. The van der Waals surface area contributed by atoms with Crippen molar-refractivity contribution in [3.63, 3.8) is 0 Å². The van der Waals surface area contributed by atoms with E-state index in [0.29, 0.717) is 12.8 Å². The highest BCUT2D eigenvalue weighted by Crippen LogP contribution is 2.64. The number of ketones is 1. The molecule has 3 heterocycles. The van der Waals surface area contributed by atoms with Crippen LogP contribution in [0.15, 0.2) is 0 Å². The van der Waals surface area contributed by atoms with Gasteiger partial charge in [0.1, 0.15) is 42.4 Å². The predicted molar refractivity (Wildman–Crippen MR) is 87.6 cm³/mol. The van der Waals surface area contributed by atoms with Gasteiger partial charge in [0, 0.05) is 6.42 Å². The molecule has 3 unspecified atom stereocenters. The van der Waals surface area contributed by atoms with Crippen LogP contribution in [0.2, 0.25) is 0 Å². The van der Waals surface area contributed by atoms with E-state index in [0.717, 1.165) is 6.42 Å². The Morgan fingerprint density at radius 1 is 1.11 bits per heavy atom. The molecule has 0 aromatic rings. The topological polar surface area (TPSA) is 129 Å². The smallest absolute Gasteiger partial charge is 0.272 e. The zero-order valence-electron chi connectivity index (χ0n) is 15.1. The minimum atomic E-state index is -4.15. The number of rotatable bonds is 4. The Hall–Kier alpha value is -0.620. The average Bonchev–Trinajstić information content (AvgIpc) is 2.91. The van der Waals surface area contributed by atoms with Gasteiger partial charge in [-0.3, -0.25) is 8.98 Å². The van der Waals surface area contributed by atoms with E-state index in [1.165, 1.54) is 0 Å². The second kappa shape index (κ2) is 5.50. The van der Waals surface area contributed by atoms with Crippen molar-refractivity contribution in [2.45, 2.75) is 76.2 Å². The van der Waals surface area contributed by atoms with Crippen molar-refractivity contribution in [3.8, 4) is 0 Å². The van der Waals surface area contributed by atoms with Crippen molar-refractivity contribution in [3.05, 3.63) is 0 Å². The molecule has 3 aliphatic carbocycles. The Labute approximate surface area is 157 Å². The highest BCUT2D eigenvalue weighted by molar-refractivity contribution is 7.86. The van der Waals surface area contributed by atoms with Crippen LogP contribution in [0.3, 0.4) is 0 Å². The Morgan fingerprint density at radius 3 is 2.22 bits per heavy atom. The van der Waals surface area contributed by atoms with Crippen LogP contribution in [0.4, 0.5) is 0 Å². The van der Waals surface area contributed by atoms with Gasteiger partial charge >= 0.3 is 0 Å². The summed E-state index contributed by atoms with van der Waals surface area (Å²) in [5.41, 5.74) is -1.37. The molecule has 2 N–H and O–H groups in total. The summed E-state index contributed by atoms with van der Waals surface area (Å²) in [7, 11) is -4.15. The van der Waals surface area contributed by atoms with Crippen LogP contribution in [0, 0.1) is 16.7 Å². The number of aliphatic hydroxyl groups is 2. The third-order valence-corrected chi connectivity index (χ3v) is 8.98. The first-order valence-electron chi connectivity index (χ1n) is 9.32. The number of hydrogen-bond donors (Lipinski definition) is 2. The fourth-order valence-corrected chi connectivity index (χ4v) is 7.74. The first-order chi connectivity index (χ1) is 12.6. The molecule has 3 saturated heterocycles. The molecule has 0 radical (unpaired) electrons. The number of fused-ring (bicyclic) bond motifs is 2. The number of carbonyl (C=O) groups is 1. The standard InChI is InChI=1S/C17H24O9S/c1-16(2)7-3-4-17(16,8(18)5-7)6-27(21,22)26-14-12-9(19)11-10(20)13(14)25-15(23-11)24-12/h7,9-15,19-20H,3-6H2,1-2H3/t7-,9+,10+,11?,12-,13+,14?,15?,17-/m1/s1. The molecule has 0 aromatic carbocycles. The molecule has 152 valence electrons. The normalized spacial score (nSPS) is 52.7. The van der Waals surface area contributed by atoms with Crippen LogP contribution < -0.4 is 0 Å². The third-order valence-electron chi connectivity index (χ3n) is 7.62. The second-order valence-electron chi connectivity index (χ2n) is 9.00. The van der Waals surface area contributed by atoms with Crippen molar-refractivity contribution < 1.29 is 41.8 Å². The number of Topliss-reactive ketones (excluding diaryl/α,β-unsaturated/α-hetero) is 1. The van der Waals surface area contributed by atoms with E-state index in [4.69, 9.17) is 18.4 Å². The van der Waals surface area contributed by atoms with Gasteiger partial charge in [0.2, 0.25) is 0 Å². The van der Waals surface area contributed by atoms with Crippen LogP contribution in [0.5, 0.6) is 0 Å². The van der Waals surface area contributed by atoms with Crippen molar-refractivity contribution in [2.75, 3.05) is 5.75 Å². The van der Waals surface area contributed by atoms with E-state index in [1.807, 2.05) is 13.8 Å². The van der Waals surface area contributed by atoms with Crippen molar-refractivity contribution in [1.82, 2.24) is 0 Å². The average molecular weight is 404 g/mol. The van der Waals surface area contributed by atoms with Crippen LogP contribution in [0.25, 0.3) is 0 Å². The van der Waals surface area contributed by atoms with E-state index >= 15 is 0 Å². The van der Waals surface area contributed by atoms with Crippen LogP contribution >= 0.6 is 0 Å². The van der Waals surface area contributed by atoms with Gasteiger partial charge in [-0.05, 0) is 24.2 Å². The largest absolute Gasteiger partial charge is 0.387 e. The molecule has 3 aliphatic heterocycles. The molecule has 3 saturated carbocycles. The van der Waals surface area contributed by atoms with E-state index in [-0.39, 0.29) is 11.7 Å². The molecular weight excluding hydrogens is 380 g/mol. The summed E-state index contributed by atoms with van der Waals surface area (Å²) in [6, 6.07) is 0. The van der Waals surface area contributed by atoms with Gasteiger partial charge < -0.3 is 24.4 Å². The molecule has 6 rings (SSSR count). The summed E-state index contributed by atoms with van der Waals surface area (Å²) in [6.07, 6.45) is -4.75. The molecule has 6 fully saturated rings. The minimum absolute atomic E-state index is 0.0259. The lowest BCUT2D eigenvalue weighted by Crippen LogP contribution is -2.75. The molecule has 6 aliphatic rings. The highest BCUT2D eigenvalue weighted by atomic mass is 32.2. The van der Waals surface area contributed by atoms with Gasteiger partial charge in [-0.1, -0.05) is 13.8 Å². The Balaban J connectivity index is 1.40. The SMILES string of the molecule is CC1(C)[C@@H]2CC[C@@]1(CS(=O)(=O)OC1[C@H]3OC4OC([C@@H]3O)[C@H](O)[C@H]1O4)C(=O)C2. The summed E-state index contributed by atoms with van der Waals surface area (Å²) in [4.78, 5) is 12.6. The maximum atomic E-state index is 12.9. The lowest BCUT2D eigenvalue weighted by molar-refractivity contribution is -0.478. The minimum Gasteiger partial charge on any atom is -0.387 e. The van der Waals surface area contributed by atoms with Gasteiger partial charge in [-0.25, -0.2) is 0 Å². The Morgan fingerprint density at radius 2 is 1.70 bits per heavy atom. The molecule has 27 heavy (non-hydrogen) atoms. The van der Waals surface area contributed by atoms with Crippen LogP contribution in [-0.4, -0.2) is 73.3 Å². The van der Waals surface area contributed by atoms with E-state index in [9.17, 15) is 23.4 Å². The van der Waals surface area contributed by atoms with Gasteiger partial charge in [-0.2, -0.15) is 8.42 Å². The third kappa shape index (κ3) is 2.32. The van der Waals surface area contributed by atoms with Gasteiger partial charge in [0.05, 0.1) is 11.2 Å². The molecule has 6 bridgehead atoms. The number of aliphatic hydroxyl groups excluding tert-OH is 2. The fraction of sp³-hybridized carbons (Fsp3) is 0.941. The lowest BCUT2D eigenvalue weighted by atomic mass is 9.70. The molecule has 9 atom stereocenters. The first-order valence-corrected chi connectivity index (χ1v) is 10.9. The summed E-state index contributed by atoms with van der Waals surface area (Å²) < 4.78 is 47.2. The molecule has 0 spiro atoms. The van der Waals surface area contributed by atoms with Crippen LogP contribution in [-0.2, 0) is 33.3 Å². The molecular formula is C17H24O9S. The van der Waals surface area contributed by atoms with E-state index in [2.05, 4.69) is 0 Å². The zero-order valence-corrected chi connectivity index (χ0v) is 15.9. The molecule has 0 aromatic heterocycles. The summed E-state index contributed by atoms with van der Waals surface area (Å²) in [5.74, 6) is -0.246. The predicted octanol–water partition coefficient (Wildman–Crippen LogP) is -0.701. The number of hydrogen-bond acceptors (Lipinski definition) is 9. The monoisotopic (exact) mass is 404 g/mol. The quantitative estimate of drug-likeness (QED) is 0.584. The second-order valence-corrected chi connectivity index (χ2v) is 10.6. The highest BCUT2D eigenvalue weighted by Gasteiger charge is 2.67. The van der Waals surface area contributed by atoms with Gasteiger partial charge in [-0.15, -0.1) is 0 Å². The summed E-state index contributed by atoms with van der Waals surface area (Å²) in [6.45, 7) is 2.85. The van der Waals surface area contributed by atoms with E-state index in [1.54, 1.807) is 0 Å². The summed E-state index contributed by atoms with van der Waals surface area (Å²) in [5, 5.41) is 20.6. The van der Waals surface area contributed by atoms with Gasteiger partial charge in [0.15, 0.2) is 0 Å². The molecule has 10 heteroatoms.